The number of morpholine rings is 1. The van der Waals surface area contributed by atoms with E-state index in [1.165, 1.54) is 0 Å². The van der Waals surface area contributed by atoms with Gasteiger partial charge in [-0.25, -0.2) is 13.4 Å². The largest absolute Gasteiger partial charge is 0.378 e. The summed E-state index contributed by atoms with van der Waals surface area (Å²) in [7, 11) is -3.08. The molecule has 3 saturated heterocycles. The summed E-state index contributed by atoms with van der Waals surface area (Å²) in [6.07, 6.45) is 0.567. The topological polar surface area (TPSA) is 109 Å². The Hall–Kier alpha value is -2.50. The molecule has 4 heterocycles. The number of nitrogens with one attached hydrogen (secondary N) is 1. The third kappa shape index (κ3) is 4.90. The first-order valence-electron chi connectivity index (χ1n) is 11.1. The number of anilines is 2. The van der Waals surface area contributed by atoms with Crippen LogP contribution < -0.4 is 10.2 Å². The molecular weight excluding hydrogens is 464 g/mol. The van der Waals surface area contributed by atoms with Gasteiger partial charge in [0, 0.05) is 48.7 Å². The standard InChI is InChI=1S/C22H26N4O5S2/c27-20-11-16(12-26(20)18-5-10-33(29,30)14-18)21(28)23-17-3-1-15(2-4-17)19-13-32-22(24-19)25-6-8-31-9-7-25/h1-4,13,16,18H,5-12,14H2,(H,23,28). The normalized spacial score (nSPS) is 24.9. The number of ether oxygens (including phenoxy) is 1. The summed E-state index contributed by atoms with van der Waals surface area (Å²) in [4.78, 5) is 33.7. The van der Waals surface area contributed by atoms with Crippen LogP contribution in [0.1, 0.15) is 12.8 Å². The van der Waals surface area contributed by atoms with E-state index in [1.807, 2.05) is 29.6 Å². The number of nitrogens with zero attached hydrogens (tertiary/aromatic N) is 3. The Morgan fingerprint density at radius 1 is 1.18 bits per heavy atom. The molecule has 9 nitrogen and oxygen atoms in total. The van der Waals surface area contributed by atoms with Gasteiger partial charge in [0.15, 0.2) is 15.0 Å². The molecule has 2 atom stereocenters. The van der Waals surface area contributed by atoms with E-state index in [0.29, 0.717) is 25.3 Å². The summed E-state index contributed by atoms with van der Waals surface area (Å²) in [5.74, 6) is -0.735. The number of rotatable bonds is 5. The fourth-order valence-electron chi connectivity index (χ4n) is 4.55. The van der Waals surface area contributed by atoms with Crippen LogP contribution in [0, 0.1) is 5.92 Å². The van der Waals surface area contributed by atoms with Crippen molar-refractivity contribution in [2.24, 2.45) is 5.92 Å². The Morgan fingerprint density at radius 3 is 2.64 bits per heavy atom. The highest BCUT2D eigenvalue weighted by atomic mass is 32.2. The van der Waals surface area contributed by atoms with E-state index < -0.39 is 15.8 Å². The Balaban J connectivity index is 1.19. The fourth-order valence-corrected chi connectivity index (χ4v) is 7.17. The molecule has 0 aliphatic carbocycles. The SMILES string of the molecule is O=C(Nc1ccc(-c2csc(N3CCOCC3)n2)cc1)C1CC(=O)N(C2CCS(=O)(=O)C2)C1. The molecule has 1 N–H and O–H groups in total. The summed E-state index contributed by atoms with van der Waals surface area (Å²) in [6, 6.07) is 7.20. The minimum atomic E-state index is -3.08. The Bertz CT molecular complexity index is 1140. The maximum Gasteiger partial charge on any atom is 0.229 e. The summed E-state index contributed by atoms with van der Waals surface area (Å²) >= 11 is 1.61. The fraction of sp³-hybridized carbons (Fsp3) is 0.500. The van der Waals surface area contributed by atoms with Crippen LogP contribution in [0.3, 0.4) is 0 Å². The van der Waals surface area contributed by atoms with Crippen molar-refractivity contribution in [3.05, 3.63) is 29.6 Å². The molecule has 5 rings (SSSR count). The maximum absolute atomic E-state index is 12.7. The van der Waals surface area contributed by atoms with Crippen molar-refractivity contribution in [3.8, 4) is 11.3 Å². The molecule has 3 fully saturated rings. The van der Waals surface area contributed by atoms with Gasteiger partial charge in [0.2, 0.25) is 11.8 Å². The number of carbonyl (C=O) groups excluding carboxylic acids is 2. The lowest BCUT2D eigenvalue weighted by atomic mass is 10.1. The molecule has 3 aliphatic rings. The van der Waals surface area contributed by atoms with Gasteiger partial charge in [-0.15, -0.1) is 11.3 Å². The van der Waals surface area contributed by atoms with Gasteiger partial charge in [-0.05, 0) is 18.6 Å². The van der Waals surface area contributed by atoms with Crippen LogP contribution in [0.2, 0.25) is 0 Å². The van der Waals surface area contributed by atoms with Crippen molar-refractivity contribution in [2.75, 3.05) is 54.6 Å². The number of benzene rings is 1. The molecule has 3 aliphatic heterocycles. The zero-order valence-corrected chi connectivity index (χ0v) is 19.7. The van der Waals surface area contributed by atoms with Gasteiger partial charge in [0.25, 0.3) is 0 Å². The average molecular weight is 491 g/mol. The van der Waals surface area contributed by atoms with Crippen LogP contribution in [0.15, 0.2) is 29.6 Å². The quantitative estimate of drug-likeness (QED) is 0.678. The van der Waals surface area contributed by atoms with Crippen LogP contribution in [0.5, 0.6) is 0 Å². The van der Waals surface area contributed by atoms with E-state index in [2.05, 4.69) is 10.2 Å². The summed E-state index contributed by atoms with van der Waals surface area (Å²) in [5.41, 5.74) is 2.51. The minimum absolute atomic E-state index is 0.00158. The maximum atomic E-state index is 12.7. The summed E-state index contributed by atoms with van der Waals surface area (Å²) in [6.45, 7) is 3.39. The second kappa shape index (κ2) is 9.03. The molecule has 2 aromatic rings. The Morgan fingerprint density at radius 2 is 1.94 bits per heavy atom. The van der Waals surface area contributed by atoms with Crippen LogP contribution >= 0.6 is 11.3 Å². The van der Waals surface area contributed by atoms with Gasteiger partial charge in [-0.1, -0.05) is 12.1 Å². The zero-order chi connectivity index (χ0) is 23.0. The predicted molar refractivity (Wildman–Crippen MR) is 126 cm³/mol. The van der Waals surface area contributed by atoms with Gasteiger partial charge < -0.3 is 19.9 Å². The van der Waals surface area contributed by atoms with Crippen molar-refractivity contribution >= 4 is 43.8 Å². The molecular formula is C22H26N4O5S2. The molecule has 2 amide bonds. The first-order valence-corrected chi connectivity index (χ1v) is 13.8. The predicted octanol–water partition coefficient (Wildman–Crippen LogP) is 1.62. The number of aromatic nitrogens is 1. The lowest BCUT2D eigenvalue weighted by Gasteiger charge is -2.26. The van der Waals surface area contributed by atoms with Crippen molar-refractivity contribution in [1.82, 2.24) is 9.88 Å². The van der Waals surface area contributed by atoms with Gasteiger partial charge in [0.1, 0.15) is 0 Å². The van der Waals surface area contributed by atoms with Gasteiger partial charge >= 0.3 is 0 Å². The van der Waals surface area contributed by atoms with E-state index >= 15 is 0 Å². The zero-order valence-electron chi connectivity index (χ0n) is 18.1. The van der Waals surface area contributed by atoms with E-state index in [1.54, 1.807) is 16.2 Å². The molecule has 11 heteroatoms. The van der Waals surface area contributed by atoms with Crippen LogP contribution in [-0.4, -0.2) is 80.5 Å². The average Bonchev–Trinajstić information content (AvgIpc) is 3.53. The first-order chi connectivity index (χ1) is 15.9. The molecule has 0 bridgehead atoms. The van der Waals surface area contributed by atoms with Crippen LogP contribution in [0.25, 0.3) is 11.3 Å². The lowest BCUT2D eigenvalue weighted by Crippen LogP contribution is -2.38. The van der Waals surface area contributed by atoms with Gasteiger partial charge in [-0.2, -0.15) is 0 Å². The molecule has 0 saturated carbocycles. The number of thiazole rings is 1. The number of likely N-dealkylation sites (tertiary alicyclic amines) is 1. The van der Waals surface area contributed by atoms with E-state index in [-0.39, 0.29) is 42.3 Å². The second-order valence-electron chi connectivity index (χ2n) is 8.69. The van der Waals surface area contributed by atoms with Gasteiger partial charge in [-0.3, -0.25) is 9.59 Å². The lowest BCUT2D eigenvalue weighted by molar-refractivity contribution is -0.129. The highest BCUT2D eigenvalue weighted by Crippen LogP contribution is 2.30. The Labute approximate surface area is 196 Å². The smallest absolute Gasteiger partial charge is 0.229 e. The first kappa shape index (κ1) is 22.3. The number of carbonyl (C=O) groups is 2. The van der Waals surface area contributed by atoms with Crippen molar-refractivity contribution in [3.63, 3.8) is 0 Å². The second-order valence-corrected chi connectivity index (χ2v) is 11.8. The monoisotopic (exact) mass is 490 g/mol. The van der Waals surface area contributed by atoms with Crippen molar-refractivity contribution in [2.45, 2.75) is 18.9 Å². The van der Waals surface area contributed by atoms with Gasteiger partial charge in [0.05, 0.1) is 36.3 Å². The van der Waals surface area contributed by atoms with Crippen LogP contribution in [-0.2, 0) is 24.2 Å². The van der Waals surface area contributed by atoms with Crippen molar-refractivity contribution in [1.29, 1.82) is 0 Å². The van der Waals surface area contributed by atoms with Crippen LogP contribution in [0.4, 0.5) is 10.8 Å². The molecule has 176 valence electrons. The van der Waals surface area contributed by atoms with Crippen molar-refractivity contribution < 1.29 is 22.7 Å². The van der Waals surface area contributed by atoms with E-state index in [9.17, 15) is 18.0 Å². The molecule has 1 aromatic heterocycles. The van der Waals surface area contributed by atoms with E-state index in [4.69, 9.17) is 9.72 Å². The molecule has 2 unspecified atom stereocenters. The number of hydrogen-bond donors (Lipinski definition) is 1. The highest BCUT2D eigenvalue weighted by molar-refractivity contribution is 7.91. The third-order valence-corrected chi connectivity index (χ3v) is 9.05. The number of hydrogen-bond acceptors (Lipinski definition) is 8. The molecule has 1 aromatic carbocycles. The highest BCUT2D eigenvalue weighted by Gasteiger charge is 2.41. The molecule has 0 spiro atoms. The minimum Gasteiger partial charge on any atom is -0.378 e. The molecule has 0 radical (unpaired) electrons. The summed E-state index contributed by atoms with van der Waals surface area (Å²) < 4.78 is 28.9. The van der Waals surface area contributed by atoms with E-state index in [0.717, 1.165) is 29.5 Å². The number of amides is 2. The summed E-state index contributed by atoms with van der Waals surface area (Å²) in [5, 5.41) is 5.90. The molecule has 33 heavy (non-hydrogen) atoms. The Kier molecular flexibility index (Phi) is 6.11. The number of sulfone groups is 1. The third-order valence-electron chi connectivity index (χ3n) is 6.40.